The topological polar surface area (TPSA) is 100 Å². The molecule has 1 aliphatic heterocycles. The molecule has 3 aromatic rings. The predicted octanol–water partition coefficient (Wildman–Crippen LogP) is 3.30. The Bertz CT molecular complexity index is 1120. The summed E-state index contributed by atoms with van der Waals surface area (Å²) in [5.41, 5.74) is 1.43. The number of rotatable bonds is 6. The highest BCUT2D eigenvalue weighted by molar-refractivity contribution is 6.05. The molecule has 2 N–H and O–H groups in total. The van der Waals surface area contributed by atoms with Crippen LogP contribution in [0.25, 0.3) is 11.3 Å². The Hall–Kier alpha value is -3.73. The van der Waals surface area contributed by atoms with E-state index in [0.717, 1.165) is 0 Å². The molecular weight excluding hydrogens is 439 g/mol. The number of aliphatic hydroxyl groups excluding tert-OH is 1. The number of aromatic nitrogens is 3. The molecule has 0 bridgehead atoms. The number of pyridine rings is 1. The molecule has 172 valence electrons. The van der Waals surface area contributed by atoms with Crippen molar-refractivity contribution in [1.82, 2.24) is 15.2 Å². The van der Waals surface area contributed by atoms with Gasteiger partial charge in [0, 0.05) is 37.1 Å². The molecule has 0 saturated carbocycles. The number of hydrogen-bond donors (Lipinski definition) is 2. The second-order valence-corrected chi connectivity index (χ2v) is 7.58. The standard InChI is InChI=1S/C22H20F3N5O3/c1-22(24,25)33-15-6-4-14(5-7-15)28-21(32)13-9-16(18-3-2-8-27-29-18)20(26-10-13)30-11-17(23)19(31)12-30/h2-10,17,19,31H,11-12H2,1H3,(H,28,32). The molecular formula is C22H20F3N5O3. The molecule has 1 amide bonds. The zero-order valence-corrected chi connectivity index (χ0v) is 17.5. The van der Waals surface area contributed by atoms with Crippen LogP contribution in [0.3, 0.4) is 0 Å². The normalized spacial score (nSPS) is 18.3. The molecule has 2 aromatic heterocycles. The average molecular weight is 459 g/mol. The third-order valence-corrected chi connectivity index (χ3v) is 4.91. The summed E-state index contributed by atoms with van der Waals surface area (Å²) in [6, 6.07) is 10.4. The summed E-state index contributed by atoms with van der Waals surface area (Å²) in [6.07, 6.45) is -3.04. The number of benzene rings is 1. The number of β-amino-alcohol motifs (C(OH)–C–C–N with tert-alkyl or cyclic N) is 1. The lowest BCUT2D eigenvalue weighted by atomic mass is 10.1. The number of hydrogen-bond acceptors (Lipinski definition) is 7. The molecule has 11 heteroatoms. The SMILES string of the molecule is CC(F)(F)Oc1ccc(NC(=O)c2cnc(N3CC(O)C(F)C3)c(-c3cccnn3)c2)cc1. The van der Waals surface area contributed by atoms with Crippen LogP contribution in [0.15, 0.2) is 54.9 Å². The second kappa shape index (κ2) is 9.02. The van der Waals surface area contributed by atoms with Gasteiger partial charge in [-0.15, -0.1) is 0 Å². The number of anilines is 2. The fourth-order valence-electron chi connectivity index (χ4n) is 3.40. The van der Waals surface area contributed by atoms with E-state index in [9.17, 15) is 23.1 Å². The van der Waals surface area contributed by atoms with Crippen molar-refractivity contribution in [3.05, 3.63) is 60.4 Å². The van der Waals surface area contributed by atoms with Gasteiger partial charge in [-0.2, -0.15) is 19.0 Å². The first-order chi connectivity index (χ1) is 15.7. The van der Waals surface area contributed by atoms with Crippen LogP contribution in [-0.4, -0.2) is 57.7 Å². The maximum absolute atomic E-state index is 13.9. The van der Waals surface area contributed by atoms with Gasteiger partial charge in [0.05, 0.1) is 17.8 Å². The molecule has 2 unspecified atom stereocenters. The van der Waals surface area contributed by atoms with Gasteiger partial charge in [0.25, 0.3) is 5.91 Å². The van der Waals surface area contributed by atoms with Crippen molar-refractivity contribution in [2.75, 3.05) is 23.3 Å². The zero-order chi connectivity index (χ0) is 23.6. The summed E-state index contributed by atoms with van der Waals surface area (Å²) in [6.45, 7) is 0.640. The van der Waals surface area contributed by atoms with Crippen LogP contribution in [-0.2, 0) is 0 Å². The molecule has 1 saturated heterocycles. The van der Waals surface area contributed by atoms with Gasteiger partial charge in [-0.25, -0.2) is 9.37 Å². The second-order valence-electron chi connectivity index (χ2n) is 7.58. The fraction of sp³-hybridized carbons (Fsp3) is 0.273. The molecule has 1 aromatic carbocycles. The number of nitrogens with one attached hydrogen (secondary N) is 1. The van der Waals surface area contributed by atoms with Crippen molar-refractivity contribution in [2.45, 2.75) is 25.3 Å². The van der Waals surface area contributed by atoms with Crippen LogP contribution in [0.4, 0.5) is 24.7 Å². The summed E-state index contributed by atoms with van der Waals surface area (Å²) in [5.74, 6) is -0.179. The van der Waals surface area contributed by atoms with Gasteiger partial charge in [0.2, 0.25) is 0 Å². The van der Waals surface area contributed by atoms with Crippen molar-refractivity contribution < 1.29 is 27.8 Å². The molecule has 1 aliphatic rings. The van der Waals surface area contributed by atoms with E-state index in [4.69, 9.17) is 0 Å². The van der Waals surface area contributed by atoms with E-state index in [1.54, 1.807) is 23.1 Å². The molecule has 4 rings (SSSR count). The minimum absolute atomic E-state index is 0.0435. The molecule has 1 fully saturated rings. The number of amides is 1. The lowest BCUT2D eigenvalue weighted by Gasteiger charge is -2.20. The maximum Gasteiger partial charge on any atom is 0.394 e. The third-order valence-electron chi connectivity index (χ3n) is 4.91. The minimum atomic E-state index is -3.32. The quantitative estimate of drug-likeness (QED) is 0.583. The molecule has 8 nitrogen and oxygen atoms in total. The van der Waals surface area contributed by atoms with E-state index in [1.807, 2.05) is 0 Å². The Morgan fingerprint density at radius 1 is 1.24 bits per heavy atom. The fourth-order valence-corrected chi connectivity index (χ4v) is 3.40. The number of alkyl halides is 3. The largest absolute Gasteiger partial charge is 0.433 e. The highest BCUT2D eigenvalue weighted by Gasteiger charge is 2.33. The van der Waals surface area contributed by atoms with Gasteiger partial charge in [-0.1, -0.05) is 0 Å². The molecule has 3 heterocycles. The van der Waals surface area contributed by atoms with E-state index in [2.05, 4.69) is 25.2 Å². The summed E-state index contributed by atoms with van der Waals surface area (Å²) < 4.78 is 44.3. The summed E-state index contributed by atoms with van der Waals surface area (Å²) in [5, 5.41) is 20.4. The van der Waals surface area contributed by atoms with E-state index in [0.29, 0.717) is 29.7 Å². The van der Waals surface area contributed by atoms with Crippen molar-refractivity contribution in [2.24, 2.45) is 0 Å². The lowest BCUT2D eigenvalue weighted by molar-refractivity contribution is -0.158. The maximum atomic E-state index is 13.9. The zero-order valence-electron chi connectivity index (χ0n) is 17.5. The number of aliphatic hydroxyl groups is 1. The first-order valence-corrected chi connectivity index (χ1v) is 10.0. The Balaban J connectivity index is 1.58. The number of ether oxygens (including phenoxy) is 1. The van der Waals surface area contributed by atoms with Crippen LogP contribution in [0, 0.1) is 0 Å². The smallest absolute Gasteiger partial charge is 0.394 e. The van der Waals surface area contributed by atoms with Gasteiger partial charge >= 0.3 is 6.11 Å². The van der Waals surface area contributed by atoms with Crippen LogP contribution < -0.4 is 15.0 Å². The van der Waals surface area contributed by atoms with Crippen molar-refractivity contribution in [3.8, 4) is 17.0 Å². The van der Waals surface area contributed by atoms with Gasteiger partial charge in [-0.3, -0.25) is 4.79 Å². The van der Waals surface area contributed by atoms with E-state index in [-0.39, 0.29) is 24.4 Å². The summed E-state index contributed by atoms with van der Waals surface area (Å²) >= 11 is 0. The molecule has 0 radical (unpaired) electrons. The van der Waals surface area contributed by atoms with Crippen LogP contribution in [0.2, 0.25) is 0 Å². The monoisotopic (exact) mass is 459 g/mol. The lowest BCUT2D eigenvalue weighted by Crippen LogP contribution is -2.23. The first kappa shape index (κ1) is 22.5. The van der Waals surface area contributed by atoms with Crippen LogP contribution in [0.5, 0.6) is 5.75 Å². The number of carbonyl (C=O) groups is 1. The van der Waals surface area contributed by atoms with Gasteiger partial charge in [0.15, 0.2) is 0 Å². The van der Waals surface area contributed by atoms with E-state index >= 15 is 0 Å². The van der Waals surface area contributed by atoms with Gasteiger partial charge in [-0.05, 0) is 42.5 Å². The van der Waals surface area contributed by atoms with Crippen molar-refractivity contribution in [3.63, 3.8) is 0 Å². The van der Waals surface area contributed by atoms with Crippen molar-refractivity contribution in [1.29, 1.82) is 0 Å². The van der Waals surface area contributed by atoms with Gasteiger partial charge < -0.3 is 20.1 Å². The summed E-state index contributed by atoms with van der Waals surface area (Å²) in [4.78, 5) is 18.7. The van der Waals surface area contributed by atoms with Gasteiger partial charge in [0.1, 0.15) is 23.8 Å². The Kier molecular flexibility index (Phi) is 6.14. The van der Waals surface area contributed by atoms with Crippen molar-refractivity contribution >= 4 is 17.4 Å². The number of nitrogens with zero attached hydrogens (tertiary/aromatic N) is 4. The Morgan fingerprint density at radius 3 is 2.61 bits per heavy atom. The van der Waals surface area contributed by atoms with E-state index < -0.39 is 24.3 Å². The summed E-state index contributed by atoms with van der Waals surface area (Å²) in [7, 11) is 0. The number of halogens is 3. The third kappa shape index (κ3) is 5.37. The van der Waals surface area contributed by atoms with Crippen LogP contribution in [0.1, 0.15) is 17.3 Å². The average Bonchev–Trinajstić information content (AvgIpc) is 3.12. The Morgan fingerprint density at radius 2 is 2.00 bits per heavy atom. The minimum Gasteiger partial charge on any atom is -0.433 e. The number of carbonyl (C=O) groups excluding carboxylic acids is 1. The molecule has 0 aliphatic carbocycles. The van der Waals surface area contributed by atoms with E-state index in [1.165, 1.54) is 36.7 Å². The highest BCUT2D eigenvalue weighted by atomic mass is 19.3. The molecule has 0 spiro atoms. The highest BCUT2D eigenvalue weighted by Crippen LogP contribution is 2.31. The Labute approximate surface area is 187 Å². The van der Waals surface area contributed by atoms with Crippen LogP contribution >= 0.6 is 0 Å². The first-order valence-electron chi connectivity index (χ1n) is 10.0. The molecule has 33 heavy (non-hydrogen) atoms. The predicted molar refractivity (Wildman–Crippen MR) is 114 cm³/mol. The molecule has 2 atom stereocenters.